The maximum Gasteiger partial charge on any atom is 0.257 e. The number of amides is 2. The first kappa shape index (κ1) is 19.5. The summed E-state index contributed by atoms with van der Waals surface area (Å²) in [5.74, 6) is 0.247. The van der Waals surface area contributed by atoms with Crippen molar-refractivity contribution < 1.29 is 14.3 Å². The number of anilines is 1. The van der Waals surface area contributed by atoms with Gasteiger partial charge in [-0.3, -0.25) is 9.59 Å². The van der Waals surface area contributed by atoms with Crippen molar-refractivity contribution in [2.75, 3.05) is 18.5 Å². The molecule has 0 aliphatic rings. The number of rotatable bonds is 7. The highest BCUT2D eigenvalue weighted by Gasteiger charge is 2.13. The minimum absolute atomic E-state index is 0.0564. The number of benzene rings is 2. The quantitative estimate of drug-likeness (QED) is 0.588. The number of likely N-dealkylation sites (N-methyl/N-ethyl adjacent to an activating group) is 1. The summed E-state index contributed by atoms with van der Waals surface area (Å²) in [4.78, 5) is 27.4. The normalized spacial score (nSPS) is 10.7. The number of hydrogen-bond donors (Lipinski definition) is 3. The van der Waals surface area contributed by atoms with Crippen molar-refractivity contribution in [2.45, 2.75) is 27.2 Å². The van der Waals surface area contributed by atoms with E-state index in [0.29, 0.717) is 18.0 Å². The molecule has 3 aromatic rings. The Balaban J connectivity index is 1.67. The molecule has 6 nitrogen and oxygen atoms in total. The van der Waals surface area contributed by atoms with Crippen molar-refractivity contribution in [2.24, 2.45) is 0 Å². The number of nitrogens with one attached hydrogen (secondary N) is 3. The van der Waals surface area contributed by atoms with Crippen LogP contribution in [0, 0.1) is 13.8 Å². The van der Waals surface area contributed by atoms with Gasteiger partial charge in [0.05, 0.1) is 6.42 Å². The summed E-state index contributed by atoms with van der Waals surface area (Å²) in [6.07, 6.45) is 0.277. The molecule has 0 saturated carbocycles. The van der Waals surface area contributed by atoms with Crippen LogP contribution >= 0.6 is 0 Å². The van der Waals surface area contributed by atoms with Crippen LogP contribution in [0.15, 0.2) is 42.5 Å². The van der Waals surface area contributed by atoms with E-state index >= 15 is 0 Å². The number of aryl methyl sites for hydroxylation is 2. The third-order valence-corrected chi connectivity index (χ3v) is 4.47. The van der Waals surface area contributed by atoms with E-state index in [1.807, 2.05) is 32.9 Å². The van der Waals surface area contributed by atoms with Crippen molar-refractivity contribution >= 4 is 28.4 Å². The molecule has 0 aliphatic carbocycles. The maximum atomic E-state index is 12.6. The van der Waals surface area contributed by atoms with Crippen molar-refractivity contribution in [1.29, 1.82) is 0 Å². The second-order valence-electron chi connectivity index (χ2n) is 6.77. The van der Waals surface area contributed by atoms with Crippen molar-refractivity contribution in [3.05, 3.63) is 59.3 Å². The molecule has 0 saturated heterocycles. The van der Waals surface area contributed by atoms with E-state index < -0.39 is 0 Å². The van der Waals surface area contributed by atoms with Gasteiger partial charge in [0.15, 0.2) is 6.61 Å². The molecule has 6 heteroatoms. The third kappa shape index (κ3) is 4.71. The summed E-state index contributed by atoms with van der Waals surface area (Å²) >= 11 is 0. The molecule has 146 valence electrons. The summed E-state index contributed by atoms with van der Waals surface area (Å²) in [6.45, 7) is 6.38. The average molecular weight is 379 g/mol. The zero-order valence-electron chi connectivity index (χ0n) is 16.4. The molecule has 0 radical (unpaired) electrons. The summed E-state index contributed by atoms with van der Waals surface area (Å²) < 4.78 is 5.47. The Bertz CT molecular complexity index is 1010. The van der Waals surface area contributed by atoms with Crippen LogP contribution in [-0.2, 0) is 16.0 Å². The Morgan fingerprint density at radius 3 is 2.68 bits per heavy atom. The fraction of sp³-hybridized carbons (Fsp3) is 0.273. The number of aromatic nitrogens is 1. The molecule has 2 aromatic carbocycles. The third-order valence-electron chi connectivity index (χ3n) is 4.47. The fourth-order valence-corrected chi connectivity index (χ4v) is 3.15. The smallest absolute Gasteiger partial charge is 0.257 e. The van der Waals surface area contributed by atoms with Crippen LogP contribution < -0.4 is 15.4 Å². The molecule has 0 aliphatic heterocycles. The summed E-state index contributed by atoms with van der Waals surface area (Å²) in [5.41, 5.74) is 4.82. The SMILES string of the molecule is CCNC(=O)COc1cccc(NC(=O)Cc2c(C)[nH]c3ccc(C)cc23)c1. The first-order valence-corrected chi connectivity index (χ1v) is 9.33. The lowest BCUT2D eigenvalue weighted by Crippen LogP contribution is -2.28. The summed E-state index contributed by atoms with van der Waals surface area (Å²) in [6, 6.07) is 13.2. The van der Waals surface area contributed by atoms with Crippen LogP contribution in [0.3, 0.4) is 0 Å². The molecule has 0 unspecified atom stereocenters. The molecule has 3 N–H and O–H groups in total. The highest BCUT2D eigenvalue weighted by molar-refractivity contribution is 5.96. The van der Waals surface area contributed by atoms with Crippen LogP contribution in [0.5, 0.6) is 5.75 Å². The first-order valence-electron chi connectivity index (χ1n) is 9.33. The molecule has 0 atom stereocenters. The van der Waals surface area contributed by atoms with E-state index in [0.717, 1.165) is 27.7 Å². The molecule has 1 aromatic heterocycles. The molecule has 3 rings (SSSR count). The minimum Gasteiger partial charge on any atom is -0.484 e. The Morgan fingerprint density at radius 2 is 1.89 bits per heavy atom. The second kappa shape index (κ2) is 8.61. The first-order chi connectivity index (χ1) is 13.5. The number of fused-ring (bicyclic) bond motifs is 1. The van der Waals surface area contributed by atoms with Crippen LogP contribution in [-0.4, -0.2) is 29.9 Å². The van der Waals surface area contributed by atoms with Crippen LogP contribution in [0.2, 0.25) is 0 Å². The van der Waals surface area contributed by atoms with Gasteiger partial charge in [-0.15, -0.1) is 0 Å². The van der Waals surface area contributed by atoms with E-state index in [2.05, 4.69) is 21.7 Å². The molecule has 1 heterocycles. The van der Waals surface area contributed by atoms with Gasteiger partial charge in [0.25, 0.3) is 5.91 Å². The molecular weight excluding hydrogens is 354 g/mol. The van der Waals surface area contributed by atoms with E-state index in [-0.39, 0.29) is 24.8 Å². The number of ether oxygens (including phenoxy) is 1. The van der Waals surface area contributed by atoms with Gasteiger partial charge in [0.2, 0.25) is 5.91 Å². The van der Waals surface area contributed by atoms with Crippen molar-refractivity contribution in [3.63, 3.8) is 0 Å². The molecule has 2 amide bonds. The Hall–Kier alpha value is -3.28. The van der Waals surface area contributed by atoms with Gasteiger partial charge in [0, 0.05) is 34.9 Å². The van der Waals surface area contributed by atoms with Gasteiger partial charge >= 0.3 is 0 Å². The van der Waals surface area contributed by atoms with Crippen LogP contribution in [0.1, 0.15) is 23.7 Å². The van der Waals surface area contributed by atoms with Crippen LogP contribution in [0.4, 0.5) is 5.69 Å². The summed E-state index contributed by atoms with van der Waals surface area (Å²) in [7, 11) is 0. The topological polar surface area (TPSA) is 83.2 Å². The molecule has 28 heavy (non-hydrogen) atoms. The van der Waals surface area contributed by atoms with Gasteiger partial charge in [-0.2, -0.15) is 0 Å². The number of hydrogen-bond acceptors (Lipinski definition) is 3. The van der Waals surface area contributed by atoms with E-state index in [9.17, 15) is 9.59 Å². The van der Waals surface area contributed by atoms with Gasteiger partial charge in [-0.1, -0.05) is 17.7 Å². The zero-order chi connectivity index (χ0) is 20.1. The standard InChI is InChI=1S/C22H25N3O3/c1-4-23-22(27)13-28-17-7-5-6-16(11-17)25-21(26)12-18-15(3)24-20-9-8-14(2)10-19(18)20/h5-11,24H,4,12-13H2,1-3H3,(H,23,27)(H,25,26). The van der Waals surface area contributed by atoms with E-state index in [1.165, 1.54) is 0 Å². The number of H-pyrrole nitrogens is 1. The van der Waals surface area contributed by atoms with E-state index in [1.54, 1.807) is 24.3 Å². The Morgan fingerprint density at radius 1 is 1.07 bits per heavy atom. The average Bonchev–Trinajstić information content (AvgIpc) is 2.95. The van der Waals surface area contributed by atoms with Crippen LogP contribution in [0.25, 0.3) is 10.9 Å². The predicted octanol–water partition coefficient (Wildman–Crippen LogP) is 3.48. The fourth-order valence-electron chi connectivity index (χ4n) is 3.15. The Labute approximate surface area is 164 Å². The van der Waals surface area contributed by atoms with E-state index in [4.69, 9.17) is 4.74 Å². The molecule has 0 fully saturated rings. The summed E-state index contributed by atoms with van der Waals surface area (Å²) in [5, 5.41) is 6.66. The Kier molecular flexibility index (Phi) is 5.99. The number of aromatic amines is 1. The van der Waals surface area contributed by atoms with Crippen molar-refractivity contribution in [3.8, 4) is 5.75 Å². The van der Waals surface area contributed by atoms with Gasteiger partial charge in [-0.05, 0) is 50.6 Å². The minimum atomic E-state index is -0.179. The maximum absolute atomic E-state index is 12.6. The number of carbonyl (C=O) groups is 2. The highest BCUT2D eigenvalue weighted by atomic mass is 16.5. The molecule has 0 spiro atoms. The monoisotopic (exact) mass is 379 g/mol. The van der Waals surface area contributed by atoms with Gasteiger partial charge in [0.1, 0.15) is 5.75 Å². The zero-order valence-corrected chi connectivity index (χ0v) is 16.4. The largest absolute Gasteiger partial charge is 0.484 e. The van der Waals surface area contributed by atoms with Gasteiger partial charge in [-0.25, -0.2) is 0 Å². The number of carbonyl (C=O) groups excluding carboxylic acids is 2. The molecular formula is C22H25N3O3. The predicted molar refractivity (Wildman–Crippen MR) is 111 cm³/mol. The lowest BCUT2D eigenvalue weighted by molar-refractivity contribution is -0.123. The lowest BCUT2D eigenvalue weighted by Gasteiger charge is -2.09. The highest BCUT2D eigenvalue weighted by Crippen LogP contribution is 2.24. The molecule has 0 bridgehead atoms. The van der Waals surface area contributed by atoms with Gasteiger partial charge < -0.3 is 20.4 Å². The van der Waals surface area contributed by atoms with Crippen molar-refractivity contribution in [1.82, 2.24) is 10.3 Å². The lowest BCUT2D eigenvalue weighted by atomic mass is 10.1. The second-order valence-corrected chi connectivity index (χ2v) is 6.77.